The molecule has 2 aromatic carbocycles. The molecular weight excluding hydrogens is 331 g/mol. The van der Waals surface area contributed by atoms with Crippen LogP contribution in [0, 0.1) is 5.82 Å². The van der Waals surface area contributed by atoms with Crippen molar-refractivity contribution in [2.75, 3.05) is 38.2 Å². The lowest BCUT2D eigenvalue weighted by molar-refractivity contribution is 0.242. The third-order valence-corrected chi connectivity index (χ3v) is 5.11. The quantitative estimate of drug-likeness (QED) is 0.721. The fraction of sp³-hybridized carbons (Fsp3) is 0.350. The normalized spacial score (nSPS) is 15.6. The van der Waals surface area contributed by atoms with Crippen LogP contribution < -0.4 is 9.64 Å². The van der Waals surface area contributed by atoms with Gasteiger partial charge < -0.3 is 14.2 Å². The van der Waals surface area contributed by atoms with E-state index in [0.29, 0.717) is 0 Å². The van der Waals surface area contributed by atoms with Crippen LogP contribution in [0.5, 0.6) is 5.75 Å². The number of imidazole rings is 1. The van der Waals surface area contributed by atoms with Gasteiger partial charge in [-0.05, 0) is 36.4 Å². The van der Waals surface area contributed by atoms with E-state index in [9.17, 15) is 4.39 Å². The molecule has 6 heteroatoms. The van der Waals surface area contributed by atoms with Crippen molar-refractivity contribution >= 4 is 16.7 Å². The second-order valence-corrected chi connectivity index (χ2v) is 6.68. The van der Waals surface area contributed by atoms with Crippen LogP contribution >= 0.6 is 0 Å². The number of aryl methyl sites for hydroxylation is 1. The van der Waals surface area contributed by atoms with Gasteiger partial charge in [0.05, 0.1) is 24.7 Å². The van der Waals surface area contributed by atoms with Crippen molar-refractivity contribution in [1.29, 1.82) is 0 Å². The van der Waals surface area contributed by atoms with Gasteiger partial charge in [-0.3, -0.25) is 4.90 Å². The molecule has 0 N–H and O–H groups in total. The molecule has 0 aliphatic carbocycles. The molecule has 0 unspecified atom stereocenters. The highest BCUT2D eigenvalue weighted by atomic mass is 19.1. The first-order valence-corrected chi connectivity index (χ1v) is 8.86. The van der Waals surface area contributed by atoms with Crippen LogP contribution in [0.3, 0.4) is 0 Å². The van der Waals surface area contributed by atoms with Gasteiger partial charge in [0.2, 0.25) is 0 Å². The summed E-state index contributed by atoms with van der Waals surface area (Å²) in [5.41, 5.74) is 3.17. The van der Waals surface area contributed by atoms with E-state index in [-0.39, 0.29) is 5.82 Å². The van der Waals surface area contributed by atoms with Crippen molar-refractivity contribution in [3.63, 3.8) is 0 Å². The highest BCUT2D eigenvalue weighted by Gasteiger charge is 2.19. The maximum absolute atomic E-state index is 13.1. The van der Waals surface area contributed by atoms with Crippen molar-refractivity contribution in [1.82, 2.24) is 14.5 Å². The Bertz CT molecular complexity index is 898. The molecule has 1 fully saturated rings. The molecule has 0 amide bonds. The molecule has 3 aromatic rings. The number of rotatable bonds is 4. The topological polar surface area (TPSA) is 33.5 Å². The number of anilines is 1. The van der Waals surface area contributed by atoms with Crippen molar-refractivity contribution < 1.29 is 9.13 Å². The second-order valence-electron chi connectivity index (χ2n) is 6.68. The van der Waals surface area contributed by atoms with Gasteiger partial charge in [-0.1, -0.05) is 0 Å². The monoisotopic (exact) mass is 354 g/mol. The van der Waals surface area contributed by atoms with Gasteiger partial charge in [-0.2, -0.15) is 0 Å². The maximum atomic E-state index is 13.1. The number of halogens is 1. The SMILES string of the molecule is COc1ccc2c(c1)nc(CN1CCN(c3ccc(F)cc3)CC1)n2C. The molecule has 0 atom stereocenters. The summed E-state index contributed by atoms with van der Waals surface area (Å²) in [7, 11) is 3.73. The molecule has 1 aromatic heterocycles. The molecule has 0 spiro atoms. The van der Waals surface area contributed by atoms with E-state index in [1.807, 2.05) is 24.3 Å². The number of hydrogen-bond donors (Lipinski definition) is 0. The molecule has 0 radical (unpaired) electrons. The summed E-state index contributed by atoms with van der Waals surface area (Å²) < 4.78 is 20.5. The zero-order valence-electron chi connectivity index (χ0n) is 15.2. The highest BCUT2D eigenvalue weighted by molar-refractivity contribution is 5.77. The molecule has 1 aliphatic rings. The summed E-state index contributed by atoms with van der Waals surface area (Å²) in [6.45, 7) is 4.62. The summed E-state index contributed by atoms with van der Waals surface area (Å²) in [6.07, 6.45) is 0. The Labute approximate surface area is 152 Å². The molecule has 136 valence electrons. The molecule has 1 aliphatic heterocycles. The van der Waals surface area contributed by atoms with Crippen LogP contribution in [0.4, 0.5) is 10.1 Å². The van der Waals surface area contributed by atoms with Crippen LogP contribution in [-0.4, -0.2) is 47.7 Å². The van der Waals surface area contributed by atoms with Crippen LogP contribution in [0.25, 0.3) is 11.0 Å². The lowest BCUT2D eigenvalue weighted by Gasteiger charge is -2.35. The average molecular weight is 354 g/mol. The zero-order valence-corrected chi connectivity index (χ0v) is 15.2. The molecule has 1 saturated heterocycles. The van der Waals surface area contributed by atoms with Gasteiger partial charge in [0.15, 0.2) is 0 Å². The van der Waals surface area contributed by atoms with Gasteiger partial charge in [0.25, 0.3) is 0 Å². The Balaban J connectivity index is 1.43. The van der Waals surface area contributed by atoms with Crippen molar-refractivity contribution in [2.24, 2.45) is 7.05 Å². The molecule has 5 nitrogen and oxygen atoms in total. The van der Waals surface area contributed by atoms with Crippen LogP contribution in [0.1, 0.15) is 5.82 Å². The van der Waals surface area contributed by atoms with Crippen LogP contribution in [0.2, 0.25) is 0 Å². The van der Waals surface area contributed by atoms with Gasteiger partial charge in [0, 0.05) is 45.0 Å². The highest BCUT2D eigenvalue weighted by Crippen LogP contribution is 2.22. The Morgan fingerprint density at radius 1 is 1.04 bits per heavy atom. The molecule has 26 heavy (non-hydrogen) atoms. The summed E-state index contributed by atoms with van der Waals surface area (Å²) in [6, 6.07) is 12.7. The van der Waals surface area contributed by atoms with Gasteiger partial charge >= 0.3 is 0 Å². The Morgan fingerprint density at radius 2 is 1.77 bits per heavy atom. The van der Waals surface area contributed by atoms with E-state index < -0.39 is 0 Å². The van der Waals surface area contributed by atoms with E-state index in [2.05, 4.69) is 27.5 Å². The van der Waals surface area contributed by atoms with Crippen LogP contribution in [-0.2, 0) is 13.6 Å². The third kappa shape index (κ3) is 3.24. The first-order valence-electron chi connectivity index (χ1n) is 8.86. The molecule has 0 saturated carbocycles. The van der Waals surface area contributed by atoms with E-state index in [1.165, 1.54) is 12.1 Å². The summed E-state index contributed by atoms with van der Waals surface area (Å²) in [5, 5.41) is 0. The Morgan fingerprint density at radius 3 is 2.46 bits per heavy atom. The largest absolute Gasteiger partial charge is 0.497 e. The number of benzene rings is 2. The summed E-state index contributed by atoms with van der Waals surface area (Å²) in [5.74, 6) is 1.70. The van der Waals surface area contributed by atoms with Gasteiger partial charge in [-0.25, -0.2) is 9.37 Å². The Kier molecular flexibility index (Phi) is 4.51. The van der Waals surface area contributed by atoms with E-state index in [4.69, 9.17) is 9.72 Å². The fourth-order valence-corrected chi connectivity index (χ4v) is 3.51. The second kappa shape index (κ2) is 6.96. The minimum atomic E-state index is -0.189. The lowest BCUT2D eigenvalue weighted by atomic mass is 10.2. The van der Waals surface area contributed by atoms with E-state index in [0.717, 1.165) is 61.0 Å². The summed E-state index contributed by atoms with van der Waals surface area (Å²) >= 11 is 0. The number of nitrogens with zero attached hydrogens (tertiary/aromatic N) is 4. The summed E-state index contributed by atoms with van der Waals surface area (Å²) in [4.78, 5) is 9.50. The first kappa shape index (κ1) is 16.8. The van der Waals surface area contributed by atoms with E-state index >= 15 is 0 Å². The van der Waals surface area contributed by atoms with E-state index in [1.54, 1.807) is 7.11 Å². The van der Waals surface area contributed by atoms with Gasteiger partial charge in [0.1, 0.15) is 17.4 Å². The molecule has 4 rings (SSSR count). The first-order chi connectivity index (χ1) is 12.6. The minimum Gasteiger partial charge on any atom is -0.497 e. The van der Waals surface area contributed by atoms with Gasteiger partial charge in [-0.15, -0.1) is 0 Å². The average Bonchev–Trinajstić information content (AvgIpc) is 2.98. The minimum absolute atomic E-state index is 0.189. The number of ether oxygens (including phenoxy) is 1. The van der Waals surface area contributed by atoms with Crippen molar-refractivity contribution in [3.8, 4) is 5.75 Å². The smallest absolute Gasteiger partial charge is 0.123 e. The van der Waals surface area contributed by atoms with Crippen molar-refractivity contribution in [3.05, 3.63) is 54.1 Å². The Hall–Kier alpha value is -2.60. The number of methoxy groups -OCH3 is 1. The van der Waals surface area contributed by atoms with Crippen molar-refractivity contribution in [2.45, 2.75) is 6.54 Å². The molecule has 0 bridgehead atoms. The number of piperazine rings is 1. The lowest BCUT2D eigenvalue weighted by Crippen LogP contribution is -2.46. The number of hydrogen-bond acceptors (Lipinski definition) is 4. The predicted octanol–water partition coefficient (Wildman–Crippen LogP) is 3.04. The molecular formula is C20H23FN4O. The number of fused-ring (bicyclic) bond motifs is 1. The van der Waals surface area contributed by atoms with Crippen LogP contribution in [0.15, 0.2) is 42.5 Å². The fourth-order valence-electron chi connectivity index (χ4n) is 3.51. The zero-order chi connectivity index (χ0) is 18.1. The standard InChI is InChI=1S/C20H23FN4O/c1-23-19-8-7-17(26-2)13-18(19)22-20(23)14-24-9-11-25(12-10-24)16-5-3-15(21)4-6-16/h3-8,13H,9-12,14H2,1-2H3. The molecule has 2 heterocycles. The third-order valence-electron chi connectivity index (χ3n) is 5.11. The predicted molar refractivity (Wildman–Crippen MR) is 101 cm³/mol. The maximum Gasteiger partial charge on any atom is 0.123 e. The number of aromatic nitrogens is 2.